The molecule has 0 unspecified atom stereocenters. The molecule has 0 spiro atoms. The van der Waals surface area contributed by atoms with Crippen molar-refractivity contribution in [1.82, 2.24) is 9.97 Å². The summed E-state index contributed by atoms with van der Waals surface area (Å²) >= 11 is 0. The summed E-state index contributed by atoms with van der Waals surface area (Å²) < 4.78 is 0. The lowest BCUT2D eigenvalue weighted by atomic mass is 9.84. The minimum Gasteiger partial charge on any atom is -0.370 e. The lowest BCUT2D eigenvalue weighted by Crippen LogP contribution is -2.29. The molecule has 6 nitrogen and oxygen atoms in total. The van der Waals surface area contributed by atoms with E-state index in [9.17, 15) is 4.79 Å². The molecule has 1 saturated carbocycles. The molecule has 0 aliphatic heterocycles. The Kier molecular flexibility index (Phi) is 5.21. The number of amides is 1. The van der Waals surface area contributed by atoms with Crippen molar-refractivity contribution in [3.8, 4) is 0 Å². The number of nitrogens with zero attached hydrogens (tertiary/aromatic N) is 3. The van der Waals surface area contributed by atoms with Gasteiger partial charge in [-0.15, -0.1) is 0 Å². The van der Waals surface area contributed by atoms with Gasteiger partial charge in [0.25, 0.3) is 0 Å². The van der Waals surface area contributed by atoms with E-state index in [2.05, 4.69) is 24.3 Å². The maximum Gasteiger partial charge on any atom is 0.225 e. The molecule has 0 atom stereocenters. The zero-order valence-electron chi connectivity index (χ0n) is 14.8. The Morgan fingerprint density at radius 3 is 2.54 bits per heavy atom. The van der Waals surface area contributed by atoms with Crippen LogP contribution in [0.25, 0.3) is 0 Å². The molecule has 1 aromatic rings. The van der Waals surface area contributed by atoms with E-state index in [0.29, 0.717) is 18.4 Å². The molecule has 0 aromatic carbocycles. The zero-order valence-corrected chi connectivity index (χ0v) is 14.8. The first kappa shape index (κ1) is 17.0. The maximum absolute atomic E-state index is 11.1. The number of primary amides is 1. The van der Waals surface area contributed by atoms with Gasteiger partial charge in [-0.2, -0.15) is 4.98 Å². The van der Waals surface area contributed by atoms with E-state index >= 15 is 0 Å². The van der Waals surface area contributed by atoms with Gasteiger partial charge in [-0.25, -0.2) is 4.98 Å². The van der Waals surface area contributed by atoms with Gasteiger partial charge in [0.05, 0.1) is 5.69 Å². The highest BCUT2D eigenvalue weighted by Crippen LogP contribution is 2.31. The molecular formula is C18H29N5O. The highest BCUT2D eigenvalue weighted by molar-refractivity contribution is 5.74. The SMILES string of the molecule is CN(C)c1nc(NC2CCC(CC(N)=O)CC2)nc2c1CCCC2. The highest BCUT2D eigenvalue weighted by Gasteiger charge is 2.24. The van der Waals surface area contributed by atoms with Gasteiger partial charge < -0.3 is 16.0 Å². The molecule has 0 bridgehead atoms. The van der Waals surface area contributed by atoms with Gasteiger partial charge in [-0.1, -0.05) is 0 Å². The van der Waals surface area contributed by atoms with Crippen molar-refractivity contribution in [2.24, 2.45) is 11.7 Å². The Labute approximate surface area is 144 Å². The number of fused-ring (bicyclic) bond motifs is 1. The molecule has 1 aromatic heterocycles. The van der Waals surface area contributed by atoms with Gasteiger partial charge >= 0.3 is 0 Å². The largest absolute Gasteiger partial charge is 0.370 e. The van der Waals surface area contributed by atoms with Crippen LogP contribution >= 0.6 is 0 Å². The minimum atomic E-state index is -0.181. The lowest BCUT2D eigenvalue weighted by molar-refractivity contribution is -0.119. The van der Waals surface area contributed by atoms with Crippen molar-refractivity contribution in [2.75, 3.05) is 24.3 Å². The Morgan fingerprint density at radius 1 is 1.17 bits per heavy atom. The van der Waals surface area contributed by atoms with E-state index in [4.69, 9.17) is 15.7 Å². The molecule has 2 aliphatic rings. The molecule has 6 heteroatoms. The topological polar surface area (TPSA) is 84.1 Å². The van der Waals surface area contributed by atoms with E-state index in [1.165, 1.54) is 24.1 Å². The van der Waals surface area contributed by atoms with Crippen molar-refractivity contribution in [2.45, 2.75) is 63.8 Å². The lowest BCUT2D eigenvalue weighted by Gasteiger charge is -2.29. The number of nitrogens with two attached hydrogens (primary N) is 1. The normalized spacial score (nSPS) is 23.4. The Hall–Kier alpha value is -1.85. The Bertz CT molecular complexity index is 593. The van der Waals surface area contributed by atoms with E-state index in [1.807, 2.05) is 0 Å². The van der Waals surface area contributed by atoms with Crippen molar-refractivity contribution in [3.63, 3.8) is 0 Å². The molecule has 24 heavy (non-hydrogen) atoms. The van der Waals surface area contributed by atoms with Gasteiger partial charge in [-0.05, 0) is 57.3 Å². The molecule has 1 amide bonds. The summed E-state index contributed by atoms with van der Waals surface area (Å²) in [5, 5.41) is 3.54. The van der Waals surface area contributed by atoms with E-state index in [-0.39, 0.29) is 5.91 Å². The van der Waals surface area contributed by atoms with Crippen LogP contribution in [0.2, 0.25) is 0 Å². The van der Waals surface area contributed by atoms with Crippen LogP contribution in [-0.2, 0) is 17.6 Å². The first-order valence-electron chi connectivity index (χ1n) is 9.15. The fraction of sp³-hybridized carbons (Fsp3) is 0.722. The first-order chi connectivity index (χ1) is 11.5. The standard InChI is InChI=1S/C18H29N5O/c1-23(2)17-14-5-3-4-6-15(14)21-18(22-17)20-13-9-7-12(8-10-13)11-16(19)24/h12-13H,3-11H2,1-2H3,(H2,19,24)(H,20,21,22). The van der Waals surface area contributed by atoms with Gasteiger partial charge in [0, 0.05) is 32.1 Å². The van der Waals surface area contributed by atoms with Crippen LogP contribution in [0, 0.1) is 5.92 Å². The van der Waals surface area contributed by atoms with Crippen LogP contribution in [0.5, 0.6) is 0 Å². The average Bonchev–Trinajstić information content (AvgIpc) is 2.55. The highest BCUT2D eigenvalue weighted by atomic mass is 16.1. The first-order valence-corrected chi connectivity index (χ1v) is 9.15. The molecule has 132 valence electrons. The maximum atomic E-state index is 11.1. The number of aromatic nitrogens is 2. The Morgan fingerprint density at radius 2 is 1.88 bits per heavy atom. The summed E-state index contributed by atoms with van der Waals surface area (Å²) in [6.07, 6.45) is 9.30. The third-order valence-corrected chi connectivity index (χ3v) is 5.25. The zero-order chi connectivity index (χ0) is 17.1. The quantitative estimate of drug-likeness (QED) is 0.864. The summed E-state index contributed by atoms with van der Waals surface area (Å²) in [6, 6.07) is 0.394. The summed E-state index contributed by atoms with van der Waals surface area (Å²) in [7, 11) is 4.10. The fourth-order valence-electron chi connectivity index (χ4n) is 3.99. The predicted molar refractivity (Wildman–Crippen MR) is 96.2 cm³/mol. The van der Waals surface area contributed by atoms with Crippen molar-refractivity contribution >= 4 is 17.7 Å². The minimum absolute atomic E-state index is 0.181. The van der Waals surface area contributed by atoms with Gasteiger partial charge in [0.15, 0.2) is 0 Å². The Balaban J connectivity index is 1.67. The van der Waals surface area contributed by atoms with Crippen LogP contribution in [0.15, 0.2) is 0 Å². The number of carbonyl (C=O) groups excluding carboxylic acids is 1. The van der Waals surface area contributed by atoms with Crippen LogP contribution in [0.4, 0.5) is 11.8 Å². The number of carbonyl (C=O) groups is 1. The van der Waals surface area contributed by atoms with Crippen molar-refractivity contribution in [3.05, 3.63) is 11.3 Å². The van der Waals surface area contributed by atoms with Crippen LogP contribution in [0.3, 0.4) is 0 Å². The van der Waals surface area contributed by atoms with Gasteiger partial charge in [0.1, 0.15) is 5.82 Å². The van der Waals surface area contributed by atoms with Crippen LogP contribution in [0.1, 0.15) is 56.2 Å². The van der Waals surface area contributed by atoms with Gasteiger partial charge in [0.2, 0.25) is 11.9 Å². The number of anilines is 2. The molecule has 0 saturated heterocycles. The molecule has 2 aliphatic carbocycles. The third kappa shape index (κ3) is 3.97. The molecule has 1 heterocycles. The second kappa shape index (κ2) is 7.36. The van der Waals surface area contributed by atoms with Gasteiger partial charge in [-0.3, -0.25) is 4.79 Å². The van der Waals surface area contributed by atoms with E-state index in [0.717, 1.165) is 50.3 Å². The van der Waals surface area contributed by atoms with Crippen molar-refractivity contribution in [1.29, 1.82) is 0 Å². The second-order valence-corrected chi connectivity index (χ2v) is 7.43. The molecule has 1 fully saturated rings. The number of hydrogen-bond donors (Lipinski definition) is 2. The monoisotopic (exact) mass is 331 g/mol. The number of nitrogens with one attached hydrogen (secondary N) is 1. The summed E-state index contributed by atoms with van der Waals surface area (Å²) in [6.45, 7) is 0. The molecule has 0 radical (unpaired) electrons. The number of hydrogen-bond acceptors (Lipinski definition) is 5. The molecular weight excluding hydrogens is 302 g/mol. The summed E-state index contributed by atoms with van der Waals surface area (Å²) in [5.74, 6) is 2.09. The summed E-state index contributed by atoms with van der Waals surface area (Å²) in [5.41, 5.74) is 7.85. The number of aryl methyl sites for hydroxylation is 1. The fourth-order valence-corrected chi connectivity index (χ4v) is 3.99. The second-order valence-electron chi connectivity index (χ2n) is 7.43. The number of rotatable bonds is 5. The third-order valence-electron chi connectivity index (χ3n) is 5.25. The molecule has 3 N–H and O–H groups in total. The van der Waals surface area contributed by atoms with Crippen molar-refractivity contribution < 1.29 is 4.79 Å². The van der Waals surface area contributed by atoms with E-state index < -0.39 is 0 Å². The van der Waals surface area contributed by atoms with E-state index in [1.54, 1.807) is 0 Å². The summed E-state index contributed by atoms with van der Waals surface area (Å²) in [4.78, 5) is 22.7. The predicted octanol–water partition coefficient (Wildman–Crippen LogP) is 2.27. The smallest absolute Gasteiger partial charge is 0.225 e. The van der Waals surface area contributed by atoms with Crippen LogP contribution < -0.4 is 16.0 Å². The molecule has 3 rings (SSSR count). The van der Waals surface area contributed by atoms with Crippen LogP contribution in [-0.4, -0.2) is 36.0 Å². The average molecular weight is 331 g/mol.